The van der Waals surface area contributed by atoms with Gasteiger partial charge in [-0.15, -0.1) is 0 Å². The molecule has 21 heavy (non-hydrogen) atoms. The number of hydrogen-bond acceptors (Lipinski definition) is 6. The molecule has 1 aromatic rings. The molecule has 0 spiro atoms. The van der Waals surface area contributed by atoms with E-state index in [0.29, 0.717) is 38.6 Å². The molecule has 1 heterocycles. The summed E-state index contributed by atoms with van der Waals surface area (Å²) in [6.45, 7) is 2.09. The zero-order chi connectivity index (χ0) is 15.6. The number of methoxy groups -OCH3 is 1. The van der Waals surface area contributed by atoms with Crippen LogP contribution in [0.1, 0.15) is 12.8 Å². The molecular weight excluding hydrogens is 294 g/mol. The molecule has 1 rings (SSSR count). The summed E-state index contributed by atoms with van der Waals surface area (Å²) in [4.78, 5) is 4.14. The molecule has 0 aliphatic carbocycles. The molecule has 0 aliphatic heterocycles. The number of sulfonamides is 1. The van der Waals surface area contributed by atoms with Crippen LogP contribution in [-0.4, -0.2) is 53.9 Å². The van der Waals surface area contributed by atoms with Crippen LogP contribution < -0.4 is 10.0 Å². The van der Waals surface area contributed by atoms with Gasteiger partial charge in [0.15, 0.2) is 0 Å². The van der Waals surface area contributed by atoms with Gasteiger partial charge in [0.25, 0.3) is 0 Å². The first-order chi connectivity index (χ1) is 10.1. The lowest BCUT2D eigenvalue weighted by atomic mass is 10.3. The SMILES string of the molecule is CNc1ncccc1S(=O)(=O)NCCCCOCCOC. The van der Waals surface area contributed by atoms with Gasteiger partial charge in [-0.2, -0.15) is 0 Å². The van der Waals surface area contributed by atoms with Gasteiger partial charge in [-0.25, -0.2) is 18.1 Å². The zero-order valence-electron chi connectivity index (χ0n) is 12.5. The summed E-state index contributed by atoms with van der Waals surface area (Å²) in [5.41, 5.74) is 0. The Hall–Kier alpha value is -1.22. The molecule has 120 valence electrons. The molecule has 0 unspecified atom stereocenters. The number of nitrogens with one attached hydrogen (secondary N) is 2. The Balaban J connectivity index is 2.33. The van der Waals surface area contributed by atoms with E-state index in [1.54, 1.807) is 26.4 Å². The summed E-state index contributed by atoms with van der Waals surface area (Å²) in [5, 5.41) is 2.77. The minimum absolute atomic E-state index is 0.156. The van der Waals surface area contributed by atoms with Gasteiger partial charge >= 0.3 is 0 Å². The third kappa shape index (κ3) is 6.38. The Kier molecular flexibility index (Phi) is 8.21. The van der Waals surface area contributed by atoms with Crippen molar-refractivity contribution in [3.05, 3.63) is 18.3 Å². The molecule has 8 heteroatoms. The standard InChI is InChI=1S/C13H23N3O4S/c1-14-13-12(6-5-7-15-13)21(17,18)16-8-3-4-9-20-11-10-19-2/h5-7,16H,3-4,8-11H2,1-2H3,(H,14,15). The normalized spacial score (nSPS) is 11.5. The Morgan fingerprint density at radius 1 is 1.24 bits per heavy atom. The van der Waals surface area contributed by atoms with Crippen LogP contribution in [0.15, 0.2) is 23.2 Å². The van der Waals surface area contributed by atoms with Crippen molar-refractivity contribution in [2.24, 2.45) is 0 Å². The number of hydrogen-bond donors (Lipinski definition) is 2. The van der Waals surface area contributed by atoms with Gasteiger partial charge in [0, 0.05) is 33.5 Å². The van der Waals surface area contributed by atoms with Crippen molar-refractivity contribution in [1.29, 1.82) is 0 Å². The molecule has 0 aromatic carbocycles. The maximum Gasteiger partial charge on any atom is 0.244 e. The Bertz CT molecular complexity index is 508. The van der Waals surface area contributed by atoms with Crippen LogP contribution in [0.4, 0.5) is 5.82 Å². The first kappa shape index (κ1) is 17.8. The number of anilines is 1. The Morgan fingerprint density at radius 3 is 2.76 bits per heavy atom. The van der Waals surface area contributed by atoms with E-state index in [4.69, 9.17) is 9.47 Å². The molecule has 7 nitrogen and oxygen atoms in total. The summed E-state index contributed by atoms with van der Waals surface area (Å²) in [6, 6.07) is 3.12. The molecule has 0 radical (unpaired) electrons. The molecule has 1 aromatic heterocycles. The van der Waals surface area contributed by atoms with Crippen LogP contribution in [-0.2, 0) is 19.5 Å². The molecule has 0 saturated carbocycles. The van der Waals surface area contributed by atoms with E-state index in [0.717, 1.165) is 6.42 Å². The van der Waals surface area contributed by atoms with Crippen molar-refractivity contribution in [3.63, 3.8) is 0 Å². The summed E-state index contributed by atoms with van der Waals surface area (Å²) in [6.07, 6.45) is 3.04. The summed E-state index contributed by atoms with van der Waals surface area (Å²) >= 11 is 0. The van der Waals surface area contributed by atoms with Crippen LogP contribution in [0.5, 0.6) is 0 Å². The highest BCUT2D eigenvalue weighted by Gasteiger charge is 2.17. The summed E-state index contributed by atoms with van der Waals surface area (Å²) in [7, 11) is -0.282. The minimum atomic E-state index is -3.54. The van der Waals surface area contributed by atoms with Crippen molar-refractivity contribution in [2.75, 3.05) is 45.8 Å². The predicted octanol–water partition coefficient (Wildman–Crippen LogP) is 0.845. The quantitative estimate of drug-likeness (QED) is 0.588. The number of ether oxygens (including phenoxy) is 2. The lowest BCUT2D eigenvalue weighted by molar-refractivity contribution is 0.0689. The molecule has 0 aliphatic rings. The highest BCUT2D eigenvalue weighted by atomic mass is 32.2. The van der Waals surface area contributed by atoms with Crippen molar-refractivity contribution >= 4 is 15.8 Å². The van der Waals surface area contributed by atoms with E-state index in [-0.39, 0.29) is 4.90 Å². The zero-order valence-corrected chi connectivity index (χ0v) is 13.3. The van der Waals surface area contributed by atoms with E-state index in [9.17, 15) is 8.42 Å². The maximum atomic E-state index is 12.1. The van der Waals surface area contributed by atoms with Crippen molar-refractivity contribution in [3.8, 4) is 0 Å². The minimum Gasteiger partial charge on any atom is -0.382 e. The number of unbranched alkanes of at least 4 members (excludes halogenated alkanes) is 1. The fourth-order valence-electron chi connectivity index (χ4n) is 1.65. The van der Waals surface area contributed by atoms with Gasteiger partial charge in [0.2, 0.25) is 10.0 Å². The number of rotatable bonds is 11. The molecule has 2 N–H and O–H groups in total. The smallest absolute Gasteiger partial charge is 0.244 e. The van der Waals surface area contributed by atoms with Gasteiger partial charge < -0.3 is 14.8 Å². The molecule has 0 saturated heterocycles. The second kappa shape index (κ2) is 9.67. The maximum absolute atomic E-state index is 12.1. The lowest BCUT2D eigenvalue weighted by Gasteiger charge is -2.10. The highest BCUT2D eigenvalue weighted by Crippen LogP contribution is 2.16. The van der Waals surface area contributed by atoms with Gasteiger partial charge in [-0.3, -0.25) is 0 Å². The van der Waals surface area contributed by atoms with Gasteiger partial charge in [-0.05, 0) is 25.0 Å². The fraction of sp³-hybridized carbons (Fsp3) is 0.615. The largest absolute Gasteiger partial charge is 0.382 e. The second-order valence-corrected chi connectivity index (χ2v) is 6.05. The van der Waals surface area contributed by atoms with E-state index in [1.807, 2.05) is 0 Å². The number of aromatic nitrogens is 1. The average Bonchev–Trinajstić information content (AvgIpc) is 2.50. The van der Waals surface area contributed by atoms with E-state index >= 15 is 0 Å². The van der Waals surface area contributed by atoms with Crippen molar-refractivity contribution in [2.45, 2.75) is 17.7 Å². The molecular formula is C13H23N3O4S. The number of nitrogens with zero attached hydrogens (tertiary/aromatic N) is 1. The first-order valence-corrected chi connectivity index (χ1v) is 8.29. The van der Waals surface area contributed by atoms with Crippen LogP contribution in [0.2, 0.25) is 0 Å². The van der Waals surface area contributed by atoms with Crippen molar-refractivity contribution < 1.29 is 17.9 Å². The third-order valence-corrected chi connectivity index (χ3v) is 4.23. The Labute approximate surface area is 126 Å². The van der Waals surface area contributed by atoms with Crippen LogP contribution in [0.3, 0.4) is 0 Å². The number of pyridine rings is 1. The Morgan fingerprint density at radius 2 is 2.05 bits per heavy atom. The van der Waals surface area contributed by atoms with Crippen LogP contribution in [0.25, 0.3) is 0 Å². The van der Waals surface area contributed by atoms with E-state index < -0.39 is 10.0 Å². The third-order valence-electron chi connectivity index (χ3n) is 2.74. The second-order valence-electron chi connectivity index (χ2n) is 4.31. The average molecular weight is 317 g/mol. The highest BCUT2D eigenvalue weighted by molar-refractivity contribution is 7.89. The summed E-state index contributed by atoms with van der Waals surface area (Å²) < 4.78 is 37.0. The topological polar surface area (TPSA) is 89.6 Å². The van der Waals surface area contributed by atoms with E-state index in [2.05, 4.69) is 15.0 Å². The molecule has 0 fully saturated rings. The fourth-order valence-corrected chi connectivity index (χ4v) is 2.89. The van der Waals surface area contributed by atoms with Crippen molar-refractivity contribution in [1.82, 2.24) is 9.71 Å². The summed E-state index contributed by atoms with van der Waals surface area (Å²) in [5.74, 6) is 0.341. The molecule has 0 amide bonds. The van der Waals surface area contributed by atoms with Gasteiger partial charge in [0.1, 0.15) is 10.7 Å². The van der Waals surface area contributed by atoms with Crippen LogP contribution in [0, 0.1) is 0 Å². The molecule has 0 bridgehead atoms. The lowest BCUT2D eigenvalue weighted by Crippen LogP contribution is -2.26. The van der Waals surface area contributed by atoms with Gasteiger partial charge in [0.05, 0.1) is 13.2 Å². The van der Waals surface area contributed by atoms with E-state index in [1.165, 1.54) is 6.07 Å². The molecule has 0 atom stereocenters. The monoisotopic (exact) mass is 317 g/mol. The van der Waals surface area contributed by atoms with Crippen LogP contribution >= 0.6 is 0 Å². The van der Waals surface area contributed by atoms with Gasteiger partial charge in [-0.1, -0.05) is 0 Å². The first-order valence-electron chi connectivity index (χ1n) is 6.81. The predicted molar refractivity (Wildman–Crippen MR) is 80.9 cm³/mol.